The summed E-state index contributed by atoms with van der Waals surface area (Å²) >= 11 is 6.51. The van der Waals surface area contributed by atoms with Crippen LogP contribution in [0.4, 0.5) is 5.69 Å². The molecule has 0 saturated heterocycles. The maximum atomic E-state index is 13.2. The highest BCUT2D eigenvalue weighted by Crippen LogP contribution is 2.46. The van der Waals surface area contributed by atoms with Gasteiger partial charge in [-0.2, -0.15) is 0 Å². The van der Waals surface area contributed by atoms with Gasteiger partial charge in [-0.25, -0.2) is 0 Å². The Kier molecular flexibility index (Phi) is 4.54. The van der Waals surface area contributed by atoms with Gasteiger partial charge >= 0.3 is 0 Å². The van der Waals surface area contributed by atoms with E-state index in [4.69, 9.17) is 11.6 Å². The third kappa shape index (κ3) is 3.15. The van der Waals surface area contributed by atoms with E-state index in [1.807, 2.05) is 54.6 Å². The summed E-state index contributed by atoms with van der Waals surface area (Å²) in [7, 11) is 0. The molecular weight excluding hydrogens is 358 g/mol. The predicted octanol–water partition coefficient (Wildman–Crippen LogP) is 5.05. The Labute approximate surface area is 163 Å². The van der Waals surface area contributed by atoms with Crippen molar-refractivity contribution >= 4 is 29.0 Å². The number of halogens is 1. The van der Waals surface area contributed by atoms with Crippen LogP contribution in [0.25, 0.3) is 0 Å². The van der Waals surface area contributed by atoms with Crippen LogP contribution in [0.5, 0.6) is 0 Å². The molecule has 0 aromatic heterocycles. The van der Waals surface area contributed by atoms with Crippen LogP contribution in [0.1, 0.15) is 27.9 Å². The highest BCUT2D eigenvalue weighted by molar-refractivity contribution is 6.33. The molecule has 0 spiro atoms. The zero-order valence-corrected chi connectivity index (χ0v) is 15.4. The van der Waals surface area contributed by atoms with Gasteiger partial charge in [0.05, 0.1) is 5.41 Å². The van der Waals surface area contributed by atoms with Gasteiger partial charge in [0.2, 0.25) is 5.91 Å². The van der Waals surface area contributed by atoms with Gasteiger partial charge < -0.3 is 5.32 Å². The fourth-order valence-electron chi connectivity index (χ4n) is 3.81. The summed E-state index contributed by atoms with van der Waals surface area (Å²) in [5.74, 6) is -0.256. The Hall–Kier alpha value is -2.91. The van der Waals surface area contributed by atoms with Crippen molar-refractivity contribution in [2.75, 3.05) is 5.32 Å². The average molecular weight is 376 g/mol. The van der Waals surface area contributed by atoms with Gasteiger partial charge in [0.1, 0.15) is 0 Å². The lowest BCUT2D eigenvalue weighted by Gasteiger charge is -2.28. The van der Waals surface area contributed by atoms with E-state index in [1.165, 1.54) is 0 Å². The average Bonchev–Trinajstić information content (AvgIpc) is 2.95. The quantitative estimate of drug-likeness (QED) is 0.634. The molecule has 1 amide bonds. The van der Waals surface area contributed by atoms with Gasteiger partial charge in [-0.05, 0) is 24.1 Å². The molecule has 0 fully saturated rings. The van der Waals surface area contributed by atoms with Gasteiger partial charge in [0.25, 0.3) is 0 Å². The fourth-order valence-corrected chi connectivity index (χ4v) is 4.17. The molecule has 1 heterocycles. The van der Waals surface area contributed by atoms with Gasteiger partial charge in [0, 0.05) is 28.3 Å². The van der Waals surface area contributed by atoms with Crippen LogP contribution in [0.2, 0.25) is 5.02 Å². The summed E-state index contributed by atoms with van der Waals surface area (Å²) in [6.45, 7) is 0. The molecule has 3 nitrogen and oxygen atoms in total. The lowest BCUT2D eigenvalue weighted by molar-refractivity contribution is -0.120. The zero-order chi connectivity index (χ0) is 18.9. The third-order valence-corrected chi connectivity index (χ3v) is 5.40. The summed E-state index contributed by atoms with van der Waals surface area (Å²) in [6, 6.07) is 24.2. The molecule has 0 aliphatic carbocycles. The first kappa shape index (κ1) is 17.5. The number of hydrogen-bond acceptors (Lipinski definition) is 2. The van der Waals surface area contributed by atoms with Crippen molar-refractivity contribution in [2.24, 2.45) is 0 Å². The van der Waals surface area contributed by atoms with Crippen LogP contribution in [0, 0.1) is 0 Å². The third-order valence-electron chi connectivity index (χ3n) is 5.08. The minimum absolute atomic E-state index is 0.0640. The maximum absolute atomic E-state index is 13.2. The van der Waals surface area contributed by atoms with Crippen LogP contribution < -0.4 is 5.32 Å². The van der Waals surface area contributed by atoms with Crippen LogP contribution in [-0.2, 0) is 16.6 Å². The Morgan fingerprint density at radius 2 is 1.56 bits per heavy atom. The van der Waals surface area contributed by atoms with E-state index >= 15 is 0 Å². The lowest BCUT2D eigenvalue weighted by Crippen LogP contribution is -2.39. The number of Topliss-reactive ketones (excluding diaryl/α,β-unsaturated/α-hetero) is 1. The first-order valence-corrected chi connectivity index (χ1v) is 9.20. The molecule has 4 rings (SSSR count). The normalized spacial score (nSPS) is 18.0. The second kappa shape index (κ2) is 7.01. The van der Waals surface area contributed by atoms with Crippen molar-refractivity contribution < 1.29 is 9.59 Å². The molecule has 1 aliphatic heterocycles. The molecule has 1 N–H and O–H groups in total. The molecule has 4 heteroatoms. The van der Waals surface area contributed by atoms with Crippen molar-refractivity contribution in [2.45, 2.75) is 18.3 Å². The molecule has 27 heavy (non-hydrogen) atoms. The number of anilines is 1. The number of hydrogen-bond donors (Lipinski definition) is 1. The summed E-state index contributed by atoms with van der Waals surface area (Å²) in [6.07, 6.45) is 0.476. The Morgan fingerprint density at radius 1 is 0.889 bits per heavy atom. The van der Waals surface area contributed by atoms with Gasteiger partial charge in [-0.1, -0.05) is 78.3 Å². The standard InChI is InChI=1S/C23H18ClNO2/c24-18-12-7-13-19-21(18)23(22(27)25-19,14-16-8-3-1-4-9-16)15-20(26)17-10-5-2-6-11-17/h1-13H,14-15H2,(H,25,27)/t23-/m0/s1. The molecular formula is C23H18ClNO2. The number of ketones is 1. The summed E-state index contributed by atoms with van der Waals surface area (Å²) in [5, 5.41) is 3.43. The van der Waals surface area contributed by atoms with E-state index < -0.39 is 5.41 Å². The maximum Gasteiger partial charge on any atom is 0.235 e. The molecule has 0 unspecified atom stereocenters. The number of benzene rings is 3. The van der Waals surface area contributed by atoms with E-state index in [2.05, 4.69) is 5.32 Å². The van der Waals surface area contributed by atoms with Crippen molar-refractivity contribution in [3.05, 3.63) is 101 Å². The molecule has 134 valence electrons. The summed E-state index contributed by atoms with van der Waals surface area (Å²) < 4.78 is 0. The molecule has 1 atom stereocenters. The number of nitrogens with one attached hydrogen (secondary N) is 1. The number of rotatable bonds is 5. The molecule has 3 aromatic carbocycles. The molecule has 0 bridgehead atoms. The predicted molar refractivity (Wildman–Crippen MR) is 107 cm³/mol. The molecule has 0 saturated carbocycles. The Balaban J connectivity index is 1.82. The van der Waals surface area contributed by atoms with Crippen molar-refractivity contribution in [1.29, 1.82) is 0 Å². The van der Waals surface area contributed by atoms with Gasteiger partial charge in [-0.15, -0.1) is 0 Å². The van der Waals surface area contributed by atoms with E-state index in [0.29, 0.717) is 28.3 Å². The molecule has 1 aliphatic rings. The minimum Gasteiger partial charge on any atom is -0.325 e. The number of carbonyl (C=O) groups excluding carboxylic acids is 2. The van der Waals surface area contributed by atoms with E-state index in [1.54, 1.807) is 24.3 Å². The topological polar surface area (TPSA) is 46.2 Å². The molecule has 0 radical (unpaired) electrons. The molecule has 3 aromatic rings. The smallest absolute Gasteiger partial charge is 0.235 e. The monoisotopic (exact) mass is 375 g/mol. The first-order valence-electron chi connectivity index (χ1n) is 8.83. The highest BCUT2D eigenvalue weighted by Gasteiger charge is 2.49. The van der Waals surface area contributed by atoms with E-state index in [-0.39, 0.29) is 18.1 Å². The highest BCUT2D eigenvalue weighted by atomic mass is 35.5. The van der Waals surface area contributed by atoms with Gasteiger partial charge in [0.15, 0.2) is 5.78 Å². The van der Waals surface area contributed by atoms with Gasteiger partial charge in [-0.3, -0.25) is 9.59 Å². The largest absolute Gasteiger partial charge is 0.325 e. The summed E-state index contributed by atoms with van der Waals surface area (Å²) in [5.41, 5.74) is 1.95. The Morgan fingerprint density at radius 3 is 2.26 bits per heavy atom. The fraction of sp³-hybridized carbons (Fsp3) is 0.130. The second-order valence-corrected chi connectivity index (χ2v) is 7.23. The number of fused-ring (bicyclic) bond motifs is 1. The zero-order valence-electron chi connectivity index (χ0n) is 14.6. The van der Waals surface area contributed by atoms with Crippen LogP contribution >= 0.6 is 11.6 Å². The van der Waals surface area contributed by atoms with Crippen LogP contribution in [0.3, 0.4) is 0 Å². The first-order chi connectivity index (χ1) is 13.1. The van der Waals surface area contributed by atoms with Crippen molar-refractivity contribution in [1.82, 2.24) is 0 Å². The lowest BCUT2D eigenvalue weighted by atomic mass is 9.72. The van der Waals surface area contributed by atoms with Crippen LogP contribution in [-0.4, -0.2) is 11.7 Å². The Bertz CT molecular complexity index is 1000. The number of carbonyl (C=O) groups is 2. The SMILES string of the molecule is O=C(C[C@]1(Cc2ccccc2)C(=O)Nc2cccc(Cl)c21)c1ccccc1. The second-order valence-electron chi connectivity index (χ2n) is 6.83. The summed E-state index contributed by atoms with van der Waals surface area (Å²) in [4.78, 5) is 26.2. The van der Waals surface area contributed by atoms with E-state index in [0.717, 1.165) is 5.56 Å². The van der Waals surface area contributed by atoms with Crippen molar-refractivity contribution in [3.63, 3.8) is 0 Å². The van der Waals surface area contributed by atoms with Crippen molar-refractivity contribution in [3.8, 4) is 0 Å². The minimum atomic E-state index is -1.03. The van der Waals surface area contributed by atoms with E-state index in [9.17, 15) is 9.59 Å². The number of amides is 1. The van der Waals surface area contributed by atoms with Crippen LogP contribution in [0.15, 0.2) is 78.9 Å².